The van der Waals surface area contributed by atoms with Crippen LogP contribution in [0.15, 0.2) is 53.6 Å². The highest BCUT2D eigenvalue weighted by Gasteiger charge is 2.29. The number of hydrogen-bond donors (Lipinski definition) is 2. The molecule has 2 N–H and O–H groups in total. The van der Waals surface area contributed by atoms with Gasteiger partial charge in [0.2, 0.25) is 0 Å². The lowest BCUT2D eigenvalue weighted by Crippen LogP contribution is -2.32. The Morgan fingerprint density at radius 3 is 2.36 bits per heavy atom. The number of rotatable bonds is 6. The predicted octanol–water partition coefficient (Wildman–Crippen LogP) is 3.64. The number of benzene rings is 2. The summed E-state index contributed by atoms with van der Waals surface area (Å²) in [6.07, 6.45) is 3.83. The van der Waals surface area contributed by atoms with Crippen molar-refractivity contribution >= 4 is 46.3 Å². The van der Waals surface area contributed by atoms with E-state index in [9.17, 15) is 19.2 Å². The zero-order valence-electron chi connectivity index (χ0n) is 19.6. The fourth-order valence-corrected chi connectivity index (χ4v) is 4.94. The van der Waals surface area contributed by atoms with E-state index >= 15 is 0 Å². The van der Waals surface area contributed by atoms with E-state index in [1.165, 1.54) is 24.7 Å². The maximum Gasteiger partial charge on any atom is 0.343 e. The molecule has 0 saturated carbocycles. The number of esters is 2. The summed E-state index contributed by atoms with van der Waals surface area (Å²) in [6, 6.07) is 13.5. The molecule has 1 aliphatic rings. The van der Waals surface area contributed by atoms with Crippen LogP contribution >= 0.6 is 11.3 Å². The molecule has 0 atom stereocenters. The standard InChI is InChI=1S/C26H23N3O6S/c1-15-6-10-17(11-7-15)25(32)35-18-12-8-16(9-13-18)14-27-29-23(31)22(30)28-24-21(26(33)34-2)19-4-3-5-20(19)36-24/h6-14H,3-5H2,1-2H3,(H,28,30)(H,29,31). The molecule has 2 amide bonds. The SMILES string of the molecule is COC(=O)c1c(NC(=O)C(=O)NN=Cc2ccc(OC(=O)c3ccc(C)cc3)cc2)sc2c1CCC2. The first-order valence-electron chi connectivity index (χ1n) is 11.1. The summed E-state index contributed by atoms with van der Waals surface area (Å²) in [5.41, 5.74) is 5.42. The van der Waals surface area contributed by atoms with Gasteiger partial charge in [0, 0.05) is 4.88 Å². The summed E-state index contributed by atoms with van der Waals surface area (Å²) in [5, 5.41) is 6.58. The van der Waals surface area contributed by atoms with Gasteiger partial charge in [0.1, 0.15) is 10.8 Å². The lowest BCUT2D eigenvalue weighted by atomic mass is 10.1. The number of nitrogens with zero attached hydrogens (tertiary/aromatic N) is 1. The van der Waals surface area contributed by atoms with Gasteiger partial charge in [0.05, 0.1) is 24.5 Å². The summed E-state index contributed by atoms with van der Waals surface area (Å²) in [5.74, 6) is -2.60. The summed E-state index contributed by atoms with van der Waals surface area (Å²) in [6.45, 7) is 1.93. The van der Waals surface area contributed by atoms with Crippen molar-refractivity contribution in [3.63, 3.8) is 0 Å². The molecule has 0 unspecified atom stereocenters. The van der Waals surface area contributed by atoms with Gasteiger partial charge in [0.15, 0.2) is 0 Å². The normalized spacial score (nSPS) is 12.2. The minimum atomic E-state index is -0.987. The van der Waals surface area contributed by atoms with Gasteiger partial charge in [-0.15, -0.1) is 11.3 Å². The van der Waals surface area contributed by atoms with Gasteiger partial charge in [-0.05, 0) is 73.7 Å². The molecule has 0 fully saturated rings. The zero-order chi connectivity index (χ0) is 25.7. The summed E-state index contributed by atoms with van der Waals surface area (Å²) in [4.78, 5) is 49.9. The van der Waals surface area contributed by atoms with Gasteiger partial charge in [-0.3, -0.25) is 9.59 Å². The molecule has 0 saturated heterocycles. The molecular weight excluding hydrogens is 482 g/mol. The average Bonchev–Trinajstić information content (AvgIpc) is 3.46. The van der Waals surface area contributed by atoms with Gasteiger partial charge in [-0.2, -0.15) is 5.10 Å². The zero-order valence-corrected chi connectivity index (χ0v) is 20.4. The van der Waals surface area contributed by atoms with Crippen LogP contribution in [-0.2, 0) is 27.2 Å². The fraction of sp³-hybridized carbons (Fsp3) is 0.192. The highest BCUT2D eigenvalue weighted by atomic mass is 32.1. The number of ether oxygens (including phenoxy) is 2. The van der Waals surface area contributed by atoms with Crippen molar-refractivity contribution in [3.05, 3.63) is 81.2 Å². The lowest BCUT2D eigenvalue weighted by molar-refractivity contribution is -0.136. The molecule has 4 rings (SSSR count). The van der Waals surface area contributed by atoms with Crippen LogP contribution in [0.3, 0.4) is 0 Å². The molecule has 1 heterocycles. The van der Waals surface area contributed by atoms with E-state index in [1.54, 1.807) is 36.4 Å². The van der Waals surface area contributed by atoms with Gasteiger partial charge < -0.3 is 14.8 Å². The van der Waals surface area contributed by atoms with E-state index < -0.39 is 23.8 Å². The van der Waals surface area contributed by atoms with Crippen LogP contribution < -0.4 is 15.5 Å². The number of anilines is 1. The van der Waals surface area contributed by atoms with Crippen LogP contribution in [0.1, 0.15) is 48.7 Å². The third kappa shape index (κ3) is 5.66. The van der Waals surface area contributed by atoms with Crippen molar-refractivity contribution in [1.82, 2.24) is 5.43 Å². The van der Waals surface area contributed by atoms with Crippen molar-refractivity contribution in [2.24, 2.45) is 5.10 Å². The molecule has 0 bridgehead atoms. The number of carbonyl (C=O) groups is 4. The second kappa shape index (κ2) is 11.0. The van der Waals surface area contributed by atoms with E-state index in [4.69, 9.17) is 9.47 Å². The molecule has 2 aromatic carbocycles. The largest absolute Gasteiger partial charge is 0.465 e. The van der Waals surface area contributed by atoms with E-state index in [2.05, 4.69) is 15.8 Å². The lowest BCUT2D eigenvalue weighted by Gasteiger charge is -2.06. The van der Waals surface area contributed by atoms with Crippen LogP contribution in [0, 0.1) is 6.92 Å². The Labute approximate surface area is 211 Å². The Balaban J connectivity index is 1.31. The molecule has 0 aliphatic heterocycles. The molecule has 36 heavy (non-hydrogen) atoms. The van der Waals surface area contributed by atoms with Crippen molar-refractivity contribution in [3.8, 4) is 5.75 Å². The van der Waals surface area contributed by atoms with Crippen LogP contribution in [0.2, 0.25) is 0 Å². The van der Waals surface area contributed by atoms with Gasteiger partial charge in [-0.25, -0.2) is 15.0 Å². The van der Waals surface area contributed by atoms with Crippen LogP contribution in [0.5, 0.6) is 5.75 Å². The quantitative estimate of drug-likeness (QED) is 0.173. The molecule has 1 aromatic heterocycles. The van der Waals surface area contributed by atoms with Gasteiger partial charge in [0.25, 0.3) is 0 Å². The first kappa shape index (κ1) is 24.8. The van der Waals surface area contributed by atoms with Crippen molar-refractivity contribution < 1.29 is 28.7 Å². The summed E-state index contributed by atoms with van der Waals surface area (Å²) >= 11 is 1.28. The first-order valence-corrected chi connectivity index (χ1v) is 11.9. The molecule has 0 radical (unpaired) electrons. The number of fused-ring (bicyclic) bond motifs is 1. The van der Waals surface area contributed by atoms with Crippen molar-refractivity contribution in [2.45, 2.75) is 26.2 Å². The molecule has 10 heteroatoms. The smallest absolute Gasteiger partial charge is 0.343 e. The minimum absolute atomic E-state index is 0.298. The molecule has 1 aliphatic carbocycles. The average molecular weight is 506 g/mol. The number of amides is 2. The maximum atomic E-state index is 12.3. The first-order chi connectivity index (χ1) is 17.4. The van der Waals surface area contributed by atoms with E-state index in [0.717, 1.165) is 35.3 Å². The fourth-order valence-electron chi connectivity index (χ4n) is 3.66. The Hall–Kier alpha value is -4.31. The van der Waals surface area contributed by atoms with Crippen LogP contribution in [0.25, 0.3) is 0 Å². The molecule has 3 aromatic rings. The molecule has 184 valence electrons. The van der Waals surface area contributed by atoms with Gasteiger partial charge >= 0.3 is 23.8 Å². The number of carbonyl (C=O) groups excluding carboxylic acids is 4. The Bertz CT molecular complexity index is 1340. The van der Waals surface area contributed by atoms with E-state index in [-0.39, 0.29) is 0 Å². The third-order valence-corrected chi connectivity index (χ3v) is 6.71. The summed E-state index contributed by atoms with van der Waals surface area (Å²) in [7, 11) is 1.27. The number of hydrazone groups is 1. The summed E-state index contributed by atoms with van der Waals surface area (Å²) < 4.78 is 10.2. The number of methoxy groups -OCH3 is 1. The highest BCUT2D eigenvalue weighted by Crippen LogP contribution is 2.39. The van der Waals surface area contributed by atoms with Crippen LogP contribution in [-0.4, -0.2) is 37.1 Å². The minimum Gasteiger partial charge on any atom is -0.465 e. The van der Waals surface area contributed by atoms with Crippen molar-refractivity contribution in [1.29, 1.82) is 0 Å². The Morgan fingerprint density at radius 2 is 1.67 bits per heavy atom. The topological polar surface area (TPSA) is 123 Å². The second-order valence-corrected chi connectivity index (χ2v) is 9.14. The number of aryl methyl sites for hydroxylation is 2. The number of hydrogen-bond acceptors (Lipinski definition) is 8. The van der Waals surface area contributed by atoms with Crippen molar-refractivity contribution in [2.75, 3.05) is 12.4 Å². The third-order valence-electron chi connectivity index (χ3n) is 5.50. The van der Waals surface area contributed by atoms with Gasteiger partial charge in [-0.1, -0.05) is 17.7 Å². The predicted molar refractivity (Wildman–Crippen MR) is 135 cm³/mol. The molecule has 0 spiro atoms. The number of thiophene rings is 1. The van der Waals surface area contributed by atoms with E-state index in [0.29, 0.717) is 27.4 Å². The molecule has 9 nitrogen and oxygen atoms in total. The Morgan fingerprint density at radius 1 is 0.944 bits per heavy atom. The number of nitrogens with one attached hydrogen (secondary N) is 2. The highest BCUT2D eigenvalue weighted by molar-refractivity contribution is 7.17. The monoisotopic (exact) mass is 505 g/mol. The van der Waals surface area contributed by atoms with E-state index in [1.807, 2.05) is 19.1 Å². The maximum absolute atomic E-state index is 12.3. The van der Waals surface area contributed by atoms with Crippen LogP contribution in [0.4, 0.5) is 5.00 Å². The second-order valence-electron chi connectivity index (χ2n) is 8.03. The molecular formula is C26H23N3O6S. The Kier molecular flexibility index (Phi) is 7.55.